The molecular formula is C11H17ClO4. The number of rotatable bonds is 3. The fraction of sp³-hybridized carbons (Fsp3) is 0.909. The summed E-state index contributed by atoms with van der Waals surface area (Å²) in [6.07, 6.45) is 3.57. The molecule has 1 unspecified atom stereocenters. The Hall–Kier alpha value is -0.320. The van der Waals surface area contributed by atoms with Crippen molar-refractivity contribution in [1.82, 2.24) is 0 Å². The van der Waals surface area contributed by atoms with Crippen molar-refractivity contribution in [3.05, 3.63) is 0 Å². The molecule has 1 aliphatic carbocycles. The number of carbonyl (C=O) groups is 1. The molecule has 1 saturated heterocycles. The van der Waals surface area contributed by atoms with Gasteiger partial charge in [0.25, 0.3) is 5.06 Å². The molecule has 1 spiro atoms. The van der Waals surface area contributed by atoms with Crippen molar-refractivity contribution in [3.8, 4) is 0 Å². The second-order valence-electron chi connectivity index (χ2n) is 4.34. The van der Waals surface area contributed by atoms with E-state index in [1.807, 2.05) is 6.92 Å². The average molecular weight is 249 g/mol. The van der Waals surface area contributed by atoms with E-state index in [0.717, 1.165) is 32.3 Å². The normalized spacial score (nSPS) is 42.1. The molecule has 16 heavy (non-hydrogen) atoms. The number of carbonyl (C=O) groups excluding carboxylic acids is 1. The SMILES string of the molecule is CCOC1CCC2(CC1)OC2(Cl)C(=O)OC. The van der Waals surface area contributed by atoms with Gasteiger partial charge in [-0.1, -0.05) is 11.6 Å². The maximum Gasteiger partial charge on any atom is 0.357 e. The van der Waals surface area contributed by atoms with Gasteiger partial charge in [0.05, 0.1) is 13.2 Å². The first-order valence-electron chi connectivity index (χ1n) is 5.67. The number of halogens is 1. The van der Waals surface area contributed by atoms with Crippen LogP contribution in [-0.2, 0) is 19.0 Å². The molecule has 0 amide bonds. The number of esters is 1. The summed E-state index contributed by atoms with van der Waals surface area (Å²) in [4.78, 5) is 11.5. The van der Waals surface area contributed by atoms with Crippen LogP contribution in [0.15, 0.2) is 0 Å². The first kappa shape index (κ1) is 12.1. The smallest absolute Gasteiger partial charge is 0.357 e. The van der Waals surface area contributed by atoms with Gasteiger partial charge in [-0.25, -0.2) is 4.79 Å². The molecule has 2 rings (SSSR count). The fourth-order valence-corrected chi connectivity index (χ4v) is 2.90. The minimum atomic E-state index is -1.24. The Morgan fingerprint density at radius 3 is 2.62 bits per heavy atom. The summed E-state index contributed by atoms with van der Waals surface area (Å²) in [7, 11) is 1.33. The summed E-state index contributed by atoms with van der Waals surface area (Å²) in [6.45, 7) is 2.71. The Bertz CT molecular complexity index is 286. The Morgan fingerprint density at radius 1 is 1.50 bits per heavy atom. The molecule has 0 radical (unpaired) electrons. The summed E-state index contributed by atoms with van der Waals surface area (Å²) >= 11 is 6.12. The maximum absolute atomic E-state index is 11.5. The second-order valence-corrected chi connectivity index (χ2v) is 4.87. The molecule has 1 atom stereocenters. The lowest BCUT2D eigenvalue weighted by molar-refractivity contribution is -0.143. The molecule has 0 bridgehead atoms. The zero-order valence-electron chi connectivity index (χ0n) is 9.62. The largest absolute Gasteiger partial charge is 0.466 e. The van der Waals surface area contributed by atoms with E-state index in [2.05, 4.69) is 4.74 Å². The summed E-state index contributed by atoms with van der Waals surface area (Å²) in [6, 6.07) is 0. The predicted molar refractivity (Wildman–Crippen MR) is 58.3 cm³/mol. The molecule has 92 valence electrons. The van der Waals surface area contributed by atoms with Gasteiger partial charge in [-0.05, 0) is 32.6 Å². The minimum absolute atomic E-state index is 0.276. The highest BCUT2D eigenvalue weighted by Crippen LogP contribution is 2.59. The van der Waals surface area contributed by atoms with Crippen LogP contribution in [0.2, 0.25) is 0 Å². The van der Waals surface area contributed by atoms with Gasteiger partial charge >= 0.3 is 5.97 Å². The Balaban J connectivity index is 1.93. The monoisotopic (exact) mass is 248 g/mol. The molecule has 0 aromatic carbocycles. The zero-order chi connectivity index (χ0) is 11.8. The predicted octanol–water partition coefficient (Wildman–Crippen LogP) is 1.84. The fourth-order valence-electron chi connectivity index (χ4n) is 2.49. The van der Waals surface area contributed by atoms with Crippen LogP contribution in [0.3, 0.4) is 0 Å². The van der Waals surface area contributed by atoms with Crippen LogP contribution < -0.4 is 0 Å². The third-order valence-corrected chi connectivity index (χ3v) is 4.05. The minimum Gasteiger partial charge on any atom is -0.466 e. The second kappa shape index (κ2) is 4.17. The number of ether oxygens (including phenoxy) is 3. The molecule has 1 heterocycles. The van der Waals surface area contributed by atoms with Crippen molar-refractivity contribution < 1.29 is 19.0 Å². The molecular weight excluding hydrogens is 232 g/mol. The van der Waals surface area contributed by atoms with E-state index in [9.17, 15) is 4.79 Å². The van der Waals surface area contributed by atoms with Crippen molar-refractivity contribution in [3.63, 3.8) is 0 Å². The van der Waals surface area contributed by atoms with Crippen LogP contribution in [0, 0.1) is 0 Å². The van der Waals surface area contributed by atoms with Crippen LogP contribution in [-0.4, -0.2) is 36.5 Å². The Morgan fingerprint density at radius 2 is 2.12 bits per heavy atom. The first-order chi connectivity index (χ1) is 7.58. The number of alkyl halides is 1. The van der Waals surface area contributed by atoms with Gasteiger partial charge in [-0.3, -0.25) is 0 Å². The number of hydrogen-bond acceptors (Lipinski definition) is 4. The van der Waals surface area contributed by atoms with E-state index in [1.165, 1.54) is 7.11 Å². The van der Waals surface area contributed by atoms with Crippen molar-refractivity contribution in [2.24, 2.45) is 0 Å². The zero-order valence-corrected chi connectivity index (χ0v) is 10.4. The quantitative estimate of drug-likeness (QED) is 0.434. The lowest BCUT2D eigenvalue weighted by Gasteiger charge is -2.26. The lowest BCUT2D eigenvalue weighted by Crippen LogP contribution is -2.35. The summed E-state index contributed by atoms with van der Waals surface area (Å²) in [5.74, 6) is -0.482. The van der Waals surface area contributed by atoms with Gasteiger partial charge in [-0.2, -0.15) is 0 Å². The molecule has 0 aromatic rings. The summed E-state index contributed by atoms with van der Waals surface area (Å²) in [5.41, 5.74) is -0.505. The van der Waals surface area contributed by atoms with E-state index in [0.29, 0.717) is 0 Å². The van der Waals surface area contributed by atoms with Crippen LogP contribution in [0.5, 0.6) is 0 Å². The van der Waals surface area contributed by atoms with Crippen LogP contribution in [0.4, 0.5) is 0 Å². The molecule has 2 aliphatic rings. The average Bonchev–Trinajstić information content (AvgIpc) is 2.88. The van der Waals surface area contributed by atoms with Crippen LogP contribution >= 0.6 is 11.6 Å². The highest BCUT2D eigenvalue weighted by Gasteiger charge is 2.75. The molecule has 5 heteroatoms. The van der Waals surface area contributed by atoms with Gasteiger partial charge in [-0.15, -0.1) is 0 Å². The van der Waals surface area contributed by atoms with Crippen LogP contribution in [0.1, 0.15) is 32.6 Å². The molecule has 1 aliphatic heterocycles. The van der Waals surface area contributed by atoms with Crippen LogP contribution in [0.25, 0.3) is 0 Å². The van der Waals surface area contributed by atoms with E-state index < -0.39 is 16.6 Å². The van der Waals surface area contributed by atoms with E-state index in [1.54, 1.807) is 0 Å². The van der Waals surface area contributed by atoms with Crippen molar-refractivity contribution in [2.75, 3.05) is 13.7 Å². The van der Waals surface area contributed by atoms with Gasteiger partial charge in [0.1, 0.15) is 5.60 Å². The molecule has 2 fully saturated rings. The van der Waals surface area contributed by atoms with Gasteiger partial charge in [0.2, 0.25) is 0 Å². The van der Waals surface area contributed by atoms with Crippen molar-refractivity contribution >= 4 is 17.6 Å². The van der Waals surface area contributed by atoms with Crippen molar-refractivity contribution in [2.45, 2.75) is 49.4 Å². The Labute approximate surface area is 100 Å². The maximum atomic E-state index is 11.5. The highest BCUT2D eigenvalue weighted by molar-refractivity contribution is 6.36. The van der Waals surface area contributed by atoms with E-state index >= 15 is 0 Å². The van der Waals surface area contributed by atoms with Gasteiger partial charge < -0.3 is 14.2 Å². The standard InChI is InChI=1S/C11H17ClO4/c1-3-15-8-4-6-10(7-5-8)11(12,16-10)9(13)14-2/h8H,3-7H2,1-2H3. The van der Waals surface area contributed by atoms with Crippen molar-refractivity contribution in [1.29, 1.82) is 0 Å². The van der Waals surface area contributed by atoms with E-state index in [-0.39, 0.29) is 6.10 Å². The number of hydrogen-bond donors (Lipinski definition) is 0. The highest BCUT2D eigenvalue weighted by atomic mass is 35.5. The number of methoxy groups -OCH3 is 1. The summed E-state index contributed by atoms with van der Waals surface area (Å²) in [5, 5.41) is -1.24. The lowest BCUT2D eigenvalue weighted by atomic mass is 9.84. The van der Waals surface area contributed by atoms with Gasteiger partial charge in [0.15, 0.2) is 0 Å². The molecule has 4 nitrogen and oxygen atoms in total. The molecule has 0 N–H and O–H groups in total. The molecule has 0 aromatic heterocycles. The van der Waals surface area contributed by atoms with Gasteiger partial charge in [0, 0.05) is 6.61 Å². The Kier molecular flexibility index (Phi) is 3.16. The first-order valence-corrected chi connectivity index (χ1v) is 6.05. The molecule has 1 saturated carbocycles. The summed E-state index contributed by atoms with van der Waals surface area (Å²) < 4.78 is 15.6. The third-order valence-electron chi connectivity index (χ3n) is 3.47. The van der Waals surface area contributed by atoms with E-state index in [4.69, 9.17) is 21.1 Å². The number of epoxide rings is 1. The topological polar surface area (TPSA) is 48.1 Å². The third kappa shape index (κ3) is 1.73.